The first-order valence-corrected chi connectivity index (χ1v) is 6.27. The van der Waals surface area contributed by atoms with Crippen LogP contribution in [0.5, 0.6) is 0 Å². The van der Waals surface area contributed by atoms with Crippen LogP contribution in [-0.4, -0.2) is 37.9 Å². The number of aliphatic hydroxyl groups is 1. The summed E-state index contributed by atoms with van der Waals surface area (Å²) < 4.78 is 27.0. The van der Waals surface area contributed by atoms with E-state index in [4.69, 9.17) is 18.9 Å². The van der Waals surface area contributed by atoms with Crippen LogP contribution >= 0.6 is 7.60 Å². The van der Waals surface area contributed by atoms with Crippen molar-refractivity contribution in [3.8, 4) is 0 Å². The topological polar surface area (TPSA) is 65.0 Å². The van der Waals surface area contributed by atoms with E-state index < -0.39 is 7.60 Å². The number of ether oxygens (including phenoxy) is 1. The molecule has 0 aromatic heterocycles. The van der Waals surface area contributed by atoms with Crippen LogP contribution in [-0.2, 0) is 18.3 Å². The molecule has 1 rings (SSSR count). The third-order valence-electron chi connectivity index (χ3n) is 1.79. The van der Waals surface area contributed by atoms with Gasteiger partial charge in [-0.2, -0.15) is 0 Å². The van der Waals surface area contributed by atoms with Gasteiger partial charge < -0.3 is 18.9 Å². The molecule has 1 N–H and O–H groups in total. The summed E-state index contributed by atoms with van der Waals surface area (Å²) in [6.45, 7) is 4.83. The predicted molar refractivity (Wildman–Crippen MR) is 51.2 cm³/mol. The summed E-state index contributed by atoms with van der Waals surface area (Å²) in [6, 6.07) is 0. The van der Waals surface area contributed by atoms with Gasteiger partial charge in [-0.15, -0.1) is 0 Å². The fraction of sp³-hybridized carbons (Fsp3) is 1.00. The highest BCUT2D eigenvalue weighted by Gasteiger charge is 2.36. The standard InChI is InChI=1S/C8H17O5P/c1-8(2)5-12-14(10,13-6-8)7-11-4-3-9/h9H,3-7H2,1-2H3. The molecule has 0 unspecified atom stereocenters. The van der Waals surface area contributed by atoms with E-state index in [2.05, 4.69) is 0 Å². The molecular weight excluding hydrogens is 207 g/mol. The summed E-state index contributed by atoms with van der Waals surface area (Å²) in [5.74, 6) is 0. The Kier molecular flexibility index (Phi) is 4.10. The van der Waals surface area contributed by atoms with Gasteiger partial charge in [0.25, 0.3) is 0 Å². The van der Waals surface area contributed by atoms with E-state index in [1.165, 1.54) is 0 Å². The molecule has 0 saturated carbocycles. The van der Waals surface area contributed by atoms with Gasteiger partial charge in [0, 0.05) is 5.41 Å². The molecule has 14 heavy (non-hydrogen) atoms. The van der Waals surface area contributed by atoms with Crippen molar-refractivity contribution in [2.75, 3.05) is 32.8 Å². The van der Waals surface area contributed by atoms with Crippen molar-refractivity contribution in [2.24, 2.45) is 5.41 Å². The lowest BCUT2D eigenvalue weighted by atomic mass is 9.97. The summed E-state index contributed by atoms with van der Waals surface area (Å²) in [5.41, 5.74) is -0.0924. The van der Waals surface area contributed by atoms with Crippen molar-refractivity contribution in [1.29, 1.82) is 0 Å². The van der Waals surface area contributed by atoms with Crippen molar-refractivity contribution in [3.05, 3.63) is 0 Å². The number of hydrogen-bond donors (Lipinski definition) is 1. The van der Waals surface area contributed by atoms with Gasteiger partial charge in [-0.05, 0) is 0 Å². The first kappa shape index (κ1) is 12.1. The van der Waals surface area contributed by atoms with E-state index in [1.54, 1.807) is 0 Å². The monoisotopic (exact) mass is 224 g/mol. The average molecular weight is 224 g/mol. The highest BCUT2D eigenvalue weighted by atomic mass is 31.2. The quantitative estimate of drug-likeness (QED) is 0.574. The van der Waals surface area contributed by atoms with Gasteiger partial charge in [0.15, 0.2) is 0 Å². The molecule has 1 heterocycles. The molecule has 0 bridgehead atoms. The second-order valence-corrected chi connectivity index (χ2v) is 6.08. The van der Waals surface area contributed by atoms with Gasteiger partial charge in [-0.25, -0.2) is 0 Å². The van der Waals surface area contributed by atoms with Crippen molar-refractivity contribution in [2.45, 2.75) is 13.8 Å². The zero-order chi connectivity index (χ0) is 10.7. The minimum Gasteiger partial charge on any atom is -0.394 e. The van der Waals surface area contributed by atoms with Gasteiger partial charge in [-0.3, -0.25) is 4.57 Å². The fourth-order valence-corrected chi connectivity index (χ4v) is 2.61. The van der Waals surface area contributed by atoms with Crippen LogP contribution in [0, 0.1) is 5.41 Å². The Balaban J connectivity index is 2.34. The summed E-state index contributed by atoms with van der Waals surface area (Å²) in [4.78, 5) is 0. The predicted octanol–water partition coefficient (Wildman–Crippen LogP) is 1.22. The van der Waals surface area contributed by atoms with Crippen molar-refractivity contribution < 1.29 is 23.5 Å². The second-order valence-electron chi connectivity index (χ2n) is 4.08. The Morgan fingerprint density at radius 2 is 2.00 bits per heavy atom. The van der Waals surface area contributed by atoms with Gasteiger partial charge in [-0.1, -0.05) is 13.8 Å². The summed E-state index contributed by atoms with van der Waals surface area (Å²) >= 11 is 0. The summed E-state index contributed by atoms with van der Waals surface area (Å²) in [7, 11) is -3.06. The maximum absolute atomic E-state index is 11.7. The molecule has 1 saturated heterocycles. The van der Waals surface area contributed by atoms with Gasteiger partial charge >= 0.3 is 7.60 Å². The van der Waals surface area contributed by atoms with Gasteiger partial charge in [0.1, 0.15) is 6.35 Å². The Hall–Kier alpha value is 0.0700. The van der Waals surface area contributed by atoms with Crippen LogP contribution in [0.2, 0.25) is 0 Å². The van der Waals surface area contributed by atoms with E-state index in [9.17, 15) is 4.57 Å². The minimum atomic E-state index is -3.06. The largest absolute Gasteiger partial charge is 0.394 e. The SMILES string of the molecule is CC1(C)COP(=O)(COCCO)OC1. The van der Waals surface area contributed by atoms with E-state index in [0.29, 0.717) is 13.2 Å². The van der Waals surface area contributed by atoms with Crippen LogP contribution in [0.3, 0.4) is 0 Å². The lowest BCUT2D eigenvalue weighted by Gasteiger charge is -2.33. The van der Waals surface area contributed by atoms with Crippen LogP contribution in [0.4, 0.5) is 0 Å². The molecule has 1 aliphatic rings. The first-order chi connectivity index (χ1) is 6.47. The molecule has 1 fully saturated rings. The van der Waals surface area contributed by atoms with E-state index in [-0.39, 0.29) is 25.0 Å². The lowest BCUT2D eigenvalue weighted by molar-refractivity contribution is 0.0233. The van der Waals surface area contributed by atoms with Crippen molar-refractivity contribution >= 4 is 7.60 Å². The van der Waals surface area contributed by atoms with Gasteiger partial charge in [0.2, 0.25) is 0 Å². The third-order valence-corrected chi connectivity index (χ3v) is 3.33. The number of rotatable bonds is 4. The molecule has 6 heteroatoms. The highest BCUT2D eigenvalue weighted by Crippen LogP contribution is 2.53. The molecule has 0 aromatic carbocycles. The minimum absolute atomic E-state index is 0.0797. The maximum atomic E-state index is 11.7. The molecule has 84 valence electrons. The van der Waals surface area contributed by atoms with Crippen LogP contribution in [0.25, 0.3) is 0 Å². The van der Waals surface area contributed by atoms with Crippen molar-refractivity contribution in [1.82, 2.24) is 0 Å². The first-order valence-electron chi connectivity index (χ1n) is 4.54. The Bertz CT molecular complexity index is 214. The Morgan fingerprint density at radius 3 is 2.50 bits per heavy atom. The molecule has 0 aromatic rings. The Labute approximate surface area is 83.9 Å². The van der Waals surface area contributed by atoms with E-state index >= 15 is 0 Å². The van der Waals surface area contributed by atoms with Crippen molar-refractivity contribution in [3.63, 3.8) is 0 Å². The second kappa shape index (κ2) is 4.73. The zero-order valence-electron chi connectivity index (χ0n) is 8.56. The third kappa shape index (κ3) is 3.67. The molecule has 0 radical (unpaired) electrons. The maximum Gasteiger partial charge on any atom is 0.356 e. The lowest BCUT2D eigenvalue weighted by Crippen LogP contribution is -2.30. The van der Waals surface area contributed by atoms with Gasteiger partial charge in [0.05, 0.1) is 26.4 Å². The smallest absolute Gasteiger partial charge is 0.356 e. The average Bonchev–Trinajstić information content (AvgIpc) is 2.12. The molecule has 5 nitrogen and oxygen atoms in total. The molecule has 0 spiro atoms. The zero-order valence-corrected chi connectivity index (χ0v) is 9.46. The molecule has 1 aliphatic heterocycles. The van der Waals surface area contributed by atoms with Crippen LogP contribution in [0.1, 0.15) is 13.8 Å². The molecule has 0 amide bonds. The Morgan fingerprint density at radius 1 is 1.43 bits per heavy atom. The molecule has 0 aliphatic carbocycles. The summed E-state index contributed by atoms with van der Waals surface area (Å²) in [6.07, 6.45) is -0.0797. The molecular formula is C8H17O5P. The number of aliphatic hydroxyl groups excluding tert-OH is 1. The fourth-order valence-electron chi connectivity index (χ4n) is 0.941. The summed E-state index contributed by atoms with van der Waals surface area (Å²) in [5, 5.41) is 8.47. The normalized spacial score (nSPS) is 24.8. The highest BCUT2D eigenvalue weighted by molar-refractivity contribution is 7.53. The van der Waals surface area contributed by atoms with Crippen LogP contribution in [0.15, 0.2) is 0 Å². The van der Waals surface area contributed by atoms with Crippen LogP contribution < -0.4 is 0 Å². The number of hydrogen-bond acceptors (Lipinski definition) is 5. The molecule has 0 atom stereocenters. The van der Waals surface area contributed by atoms with E-state index in [1.807, 2.05) is 13.8 Å². The van der Waals surface area contributed by atoms with E-state index in [0.717, 1.165) is 0 Å².